The lowest BCUT2D eigenvalue weighted by Crippen LogP contribution is -2.28. The maximum atomic E-state index is 12.6. The van der Waals surface area contributed by atoms with Gasteiger partial charge in [0.05, 0.1) is 0 Å². The third-order valence-electron chi connectivity index (χ3n) is 2.71. The van der Waals surface area contributed by atoms with Crippen molar-refractivity contribution in [1.82, 2.24) is 10.3 Å². The first-order valence-corrected chi connectivity index (χ1v) is 5.25. The summed E-state index contributed by atoms with van der Waals surface area (Å²) in [5.74, 6) is -3.91. The molecule has 92 valence electrons. The van der Waals surface area contributed by atoms with Gasteiger partial charge in [0.2, 0.25) is 5.56 Å². The highest BCUT2D eigenvalue weighted by Gasteiger charge is 2.56. The van der Waals surface area contributed by atoms with E-state index in [0.29, 0.717) is 5.69 Å². The fourth-order valence-electron chi connectivity index (χ4n) is 1.62. The smallest absolute Gasteiger partial charge is 0.253 e. The summed E-state index contributed by atoms with van der Waals surface area (Å²) < 4.78 is 25.1. The zero-order chi connectivity index (χ0) is 12.6. The molecule has 2 rings (SSSR count). The maximum Gasteiger partial charge on any atom is 0.253 e. The summed E-state index contributed by atoms with van der Waals surface area (Å²) in [6.07, 6.45) is -0.179. The minimum atomic E-state index is -2.64. The number of aromatic nitrogens is 1. The van der Waals surface area contributed by atoms with Gasteiger partial charge < -0.3 is 10.3 Å². The van der Waals surface area contributed by atoms with Crippen molar-refractivity contribution in [1.29, 1.82) is 0 Å². The van der Waals surface area contributed by atoms with Crippen LogP contribution in [0.1, 0.15) is 22.5 Å². The van der Waals surface area contributed by atoms with Crippen molar-refractivity contribution in [3.05, 3.63) is 33.7 Å². The van der Waals surface area contributed by atoms with Gasteiger partial charge in [-0.05, 0) is 13.0 Å². The van der Waals surface area contributed by atoms with Crippen molar-refractivity contribution < 1.29 is 13.6 Å². The lowest BCUT2D eigenvalue weighted by Gasteiger charge is -2.04. The first kappa shape index (κ1) is 11.8. The van der Waals surface area contributed by atoms with Crippen LogP contribution in [-0.4, -0.2) is 23.4 Å². The Morgan fingerprint density at radius 2 is 2.24 bits per heavy atom. The second kappa shape index (κ2) is 3.94. The molecule has 1 aromatic heterocycles. The number of rotatable bonds is 3. The highest BCUT2D eigenvalue weighted by Crippen LogP contribution is 2.47. The summed E-state index contributed by atoms with van der Waals surface area (Å²) in [6, 6.07) is 2.65. The minimum Gasteiger partial charge on any atom is -0.352 e. The summed E-state index contributed by atoms with van der Waals surface area (Å²) in [7, 11) is 0. The second-order valence-electron chi connectivity index (χ2n) is 4.29. The van der Waals surface area contributed by atoms with Crippen LogP contribution in [0.25, 0.3) is 0 Å². The van der Waals surface area contributed by atoms with E-state index < -0.39 is 17.7 Å². The number of alkyl halides is 2. The molecule has 0 spiro atoms. The third kappa shape index (κ3) is 2.69. The van der Waals surface area contributed by atoms with Gasteiger partial charge in [-0.1, -0.05) is 0 Å². The molecular weight excluding hydrogens is 230 g/mol. The van der Waals surface area contributed by atoms with Crippen LogP contribution in [0.15, 0.2) is 16.9 Å². The molecule has 1 aromatic rings. The first-order chi connectivity index (χ1) is 7.88. The molecule has 1 saturated carbocycles. The van der Waals surface area contributed by atoms with Crippen LogP contribution in [0.3, 0.4) is 0 Å². The number of hydrogen-bond donors (Lipinski definition) is 2. The second-order valence-corrected chi connectivity index (χ2v) is 4.29. The SMILES string of the molecule is Cc1cc(C(=O)NCC2CC2(F)F)cc(=O)[nH]1. The average Bonchev–Trinajstić information content (AvgIpc) is 2.81. The molecule has 0 saturated heterocycles. The molecular formula is C11H12F2N2O2. The predicted octanol–water partition coefficient (Wildman–Crippen LogP) is 1.07. The number of aromatic amines is 1. The zero-order valence-electron chi connectivity index (χ0n) is 9.22. The van der Waals surface area contributed by atoms with Gasteiger partial charge in [-0.2, -0.15) is 0 Å². The molecule has 6 heteroatoms. The Bertz CT molecular complexity index is 510. The van der Waals surface area contributed by atoms with Crippen LogP contribution in [0.4, 0.5) is 8.78 Å². The van der Waals surface area contributed by atoms with Gasteiger partial charge in [-0.15, -0.1) is 0 Å². The number of carbonyl (C=O) groups is 1. The van der Waals surface area contributed by atoms with Crippen molar-refractivity contribution >= 4 is 5.91 Å². The van der Waals surface area contributed by atoms with Crippen molar-refractivity contribution in [2.45, 2.75) is 19.3 Å². The maximum absolute atomic E-state index is 12.6. The van der Waals surface area contributed by atoms with E-state index in [0.717, 1.165) is 6.07 Å². The van der Waals surface area contributed by atoms with Gasteiger partial charge in [-0.3, -0.25) is 9.59 Å². The molecule has 0 aromatic carbocycles. The monoisotopic (exact) mass is 242 g/mol. The molecule has 1 atom stereocenters. The summed E-state index contributed by atoms with van der Waals surface area (Å²) in [5.41, 5.74) is 0.363. The van der Waals surface area contributed by atoms with Crippen LogP contribution in [0.5, 0.6) is 0 Å². The average molecular weight is 242 g/mol. The van der Waals surface area contributed by atoms with Crippen molar-refractivity contribution in [2.75, 3.05) is 6.54 Å². The molecule has 2 N–H and O–H groups in total. The Kier molecular flexibility index (Phi) is 2.73. The lowest BCUT2D eigenvalue weighted by molar-refractivity contribution is 0.0895. The number of nitrogens with one attached hydrogen (secondary N) is 2. The minimum absolute atomic E-state index is 0.0579. The van der Waals surface area contributed by atoms with E-state index >= 15 is 0 Å². The molecule has 0 aliphatic heterocycles. The van der Waals surface area contributed by atoms with E-state index in [-0.39, 0.29) is 24.1 Å². The zero-order valence-corrected chi connectivity index (χ0v) is 9.22. The Hall–Kier alpha value is -1.72. The molecule has 1 aliphatic carbocycles. The predicted molar refractivity (Wildman–Crippen MR) is 57.2 cm³/mol. The standard InChI is InChI=1S/C11H12F2N2O2/c1-6-2-7(3-9(16)15-6)10(17)14-5-8-4-11(8,12)13/h2-3,8H,4-5H2,1H3,(H,14,17)(H,15,16). The molecule has 1 heterocycles. The Morgan fingerprint density at radius 1 is 1.59 bits per heavy atom. The number of halogens is 2. The van der Waals surface area contributed by atoms with Gasteiger partial charge in [-0.25, -0.2) is 8.78 Å². The number of carbonyl (C=O) groups excluding carboxylic acids is 1. The Balaban J connectivity index is 1.98. The molecule has 1 fully saturated rings. The molecule has 4 nitrogen and oxygen atoms in total. The lowest BCUT2D eigenvalue weighted by atomic mass is 10.2. The van der Waals surface area contributed by atoms with Gasteiger partial charge in [0.25, 0.3) is 11.8 Å². The number of aryl methyl sites for hydroxylation is 1. The van der Waals surface area contributed by atoms with E-state index in [1.54, 1.807) is 6.92 Å². The van der Waals surface area contributed by atoms with Crippen LogP contribution < -0.4 is 10.9 Å². The van der Waals surface area contributed by atoms with E-state index in [1.807, 2.05) is 0 Å². The summed E-state index contributed by atoms with van der Waals surface area (Å²) in [5, 5.41) is 2.40. The highest BCUT2D eigenvalue weighted by atomic mass is 19.3. The van der Waals surface area contributed by atoms with E-state index in [9.17, 15) is 18.4 Å². The van der Waals surface area contributed by atoms with Crippen LogP contribution in [-0.2, 0) is 0 Å². The van der Waals surface area contributed by atoms with Gasteiger partial charge in [0, 0.05) is 36.2 Å². The van der Waals surface area contributed by atoms with Crippen molar-refractivity contribution in [3.63, 3.8) is 0 Å². The number of pyridine rings is 1. The number of H-pyrrole nitrogens is 1. The largest absolute Gasteiger partial charge is 0.352 e. The third-order valence-corrected chi connectivity index (χ3v) is 2.71. The molecule has 1 aliphatic rings. The fourth-order valence-corrected chi connectivity index (χ4v) is 1.62. The van der Waals surface area contributed by atoms with Crippen molar-refractivity contribution in [2.24, 2.45) is 5.92 Å². The van der Waals surface area contributed by atoms with E-state index in [2.05, 4.69) is 10.3 Å². The van der Waals surface area contributed by atoms with Crippen LogP contribution >= 0.6 is 0 Å². The first-order valence-electron chi connectivity index (χ1n) is 5.25. The summed E-state index contributed by atoms with van der Waals surface area (Å²) in [6.45, 7) is 1.59. The van der Waals surface area contributed by atoms with Crippen LogP contribution in [0.2, 0.25) is 0 Å². The molecule has 17 heavy (non-hydrogen) atoms. The molecule has 0 radical (unpaired) electrons. The topological polar surface area (TPSA) is 62.0 Å². The fraction of sp³-hybridized carbons (Fsp3) is 0.455. The van der Waals surface area contributed by atoms with Gasteiger partial charge in [0.1, 0.15) is 0 Å². The van der Waals surface area contributed by atoms with Gasteiger partial charge in [0.15, 0.2) is 0 Å². The van der Waals surface area contributed by atoms with Gasteiger partial charge >= 0.3 is 0 Å². The number of hydrogen-bond acceptors (Lipinski definition) is 2. The Labute approximate surface area is 96.0 Å². The van der Waals surface area contributed by atoms with Crippen molar-refractivity contribution in [3.8, 4) is 0 Å². The van der Waals surface area contributed by atoms with Crippen LogP contribution in [0, 0.1) is 12.8 Å². The summed E-state index contributed by atoms with van der Waals surface area (Å²) in [4.78, 5) is 25.2. The quantitative estimate of drug-likeness (QED) is 0.832. The molecule has 1 amide bonds. The Morgan fingerprint density at radius 3 is 2.76 bits per heavy atom. The molecule has 1 unspecified atom stereocenters. The normalized spacial score (nSPS) is 21.0. The highest BCUT2D eigenvalue weighted by molar-refractivity contribution is 5.94. The van der Waals surface area contributed by atoms with E-state index in [4.69, 9.17) is 0 Å². The van der Waals surface area contributed by atoms with E-state index in [1.165, 1.54) is 6.07 Å². The summed E-state index contributed by atoms with van der Waals surface area (Å²) >= 11 is 0. The molecule has 0 bridgehead atoms. The number of amides is 1.